The van der Waals surface area contributed by atoms with Gasteiger partial charge in [0.1, 0.15) is 5.75 Å². The smallest absolute Gasteiger partial charge is 0.222 e. The van der Waals surface area contributed by atoms with Crippen molar-refractivity contribution in [3.63, 3.8) is 0 Å². The number of rotatable bonds is 9. The number of nitrogens with zero attached hydrogens (tertiary/aromatic N) is 2. The monoisotopic (exact) mass is 488 g/mol. The van der Waals surface area contributed by atoms with E-state index < -0.39 is 0 Å². The van der Waals surface area contributed by atoms with Crippen molar-refractivity contribution >= 4 is 35.8 Å². The van der Waals surface area contributed by atoms with E-state index in [4.69, 9.17) is 4.74 Å². The van der Waals surface area contributed by atoms with Gasteiger partial charge in [-0.25, -0.2) is 4.99 Å². The van der Waals surface area contributed by atoms with Gasteiger partial charge in [-0.2, -0.15) is 0 Å². The topological polar surface area (TPSA) is 66.0 Å². The molecule has 1 aliphatic heterocycles. The van der Waals surface area contributed by atoms with Crippen LogP contribution in [0.5, 0.6) is 5.75 Å². The molecule has 152 valence electrons. The van der Waals surface area contributed by atoms with Crippen LogP contribution in [0.2, 0.25) is 0 Å². The number of guanidine groups is 1. The Labute approximate surface area is 180 Å². The van der Waals surface area contributed by atoms with Crippen LogP contribution in [0.1, 0.15) is 44.2 Å². The van der Waals surface area contributed by atoms with Gasteiger partial charge in [0.2, 0.25) is 5.91 Å². The van der Waals surface area contributed by atoms with Crippen LogP contribution in [-0.4, -0.2) is 49.6 Å². The summed E-state index contributed by atoms with van der Waals surface area (Å²) >= 11 is 0. The molecule has 0 bridgehead atoms. The predicted octanol–water partition coefficient (Wildman–Crippen LogP) is 3.08. The third kappa shape index (κ3) is 7.94. The molecular formula is C20H33IN4O2. The Kier molecular flexibility index (Phi) is 11.2. The van der Waals surface area contributed by atoms with E-state index in [1.807, 2.05) is 11.8 Å². The van der Waals surface area contributed by atoms with Gasteiger partial charge >= 0.3 is 0 Å². The van der Waals surface area contributed by atoms with Gasteiger partial charge in [0.15, 0.2) is 5.96 Å². The number of nitrogens with one attached hydrogen (secondary N) is 2. The molecule has 0 saturated carbocycles. The second kappa shape index (κ2) is 12.8. The summed E-state index contributed by atoms with van der Waals surface area (Å²) in [5.41, 5.74) is 2.26. The van der Waals surface area contributed by atoms with E-state index in [1.165, 1.54) is 5.56 Å². The molecule has 7 heteroatoms. The number of carbonyl (C=O) groups excluding carboxylic acids is 1. The lowest BCUT2D eigenvalue weighted by Gasteiger charge is -2.16. The van der Waals surface area contributed by atoms with Gasteiger partial charge in [0.05, 0.1) is 13.2 Å². The molecule has 0 radical (unpaired) electrons. The Balaban J connectivity index is 0.00000364. The minimum atomic E-state index is 0. The molecule has 0 aliphatic carbocycles. The molecule has 0 unspecified atom stereocenters. The number of hydrogen-bond donors (Lipinski definition) is 2. The highest BCUT2D eigenvalue weighted by Crippen LogP contribution is 2.21. The molecule has 1 heterocycles. The average Bonchev–Trinajstić information content (AvgIpc) is 3.03. The maximum Gasteiger partial charge on any atom is 0.222 e. The van der Waals surface area contributed by atoms with Crippen molar-refractivity contribution in [3.8, 4) is 5.75 Å². The minimum Gasteiger partial charge on any atom is -0.494 e. The molecule has 1 fully saturated rings. The second-order valence-electron chi connectivity index (χ2n) is 6.50. The van der Waals surface area contributed by atoms with E-state index in [-0.39, 0.29) is 29.9 Å². The van der Waals surface area contributed by atoms with E-state index in [1.54, 1.807) is 0 Å². The first-order valence-corrected chi connectivity index (χ1v) is 9.66. The molecule has 2 rings (SSSR count). The second-order valence-corrected chi connectivity index (χ2v) is 6.50. The zero-order chi connectivity index (χ0) is 18.8. The standard InChI is InChI=1S/C20H32N4O2.HI/c1-4-21-20(22-11-7-13-24-12-6-8-19(24)25)23-15-17-10-9-16(3)14-18(17)26-5-2;/h9-10,14H,4-8,11-13,15H2,1-3H3,(H2,21,22,23);1H. The lowest BCUT2D eigenvalue weighted by atomic mass is 10.1. The maximum absolute atomic E-state index is 11.6. The summed E-state index contributed by atoms with van der Waals surface area (Å²) < 4.78 is 5.73. The van der Waals surface area contributed by atoms with E-state index in [0.29, 0.717) is 19.6 Å². The van der Waals surface area contributed by atoms with Crippen molar-refractivity contribution in [2.45, 2.75) is 46.6 Å². The van der Waals surface area contributed by atoms with Crippen molar-refractivity contribution in [2.24, 2.45) is 4.99 Å². The Hall–Kier alpha value is -1.51. The maximum atomic E-state index is 11.6. The number of hydrogen-bond acceptors (Lipinski definition) is 3. The normalized spacial score (nSPS) is 14.1. The molecular weight excluding hydrogens is 455 g/mol. The van der Waals surface area contributed by atoms with Crippen LogP contribution >= 0.6 is 24.0 Å². The highest BCUT2D eigenvalue weighted by molar-refractivity contribution is 14.0. The SMILES string of the molecule is CCNC(=NCc1ccc(C)cc1OCC)NCCCN1CCCC1=O.I. The summed E-state index contributed by atoms with van der Waals surface area (Å²) in [4.78, 5) is 18.3. The van der Waals surface area contributed by atoms with Gasteiger partial charge in [-0.3, -0.25) is 4.79 Å². The molecule has 1 amide bonds. The molecule has 1 aromatic rings. The van der Waals surface area contributed by atoms with Crippen LogP contribution in [0.3, 0.4) is 0 Å². The van der Waals surface area contributed by atoms with Crippen LogP contribution in [0.15, 0.2) is 23.2 Å². The lowest BCUT2D eigenvalue weighted by Crippen LogP contribution is -2.39. The Morgan fingerprint density at radius 3 is 2.78 bits per heavy atom. The quantitative estimate of drug-likeness (QED) is 0.243. The first kappa shape index (κ1) is 23.5. The third-order valence-electron chi connectivity index (χ3n) is 4.34. The molecule has 1 saturated heterocycles. The molecule has 6 nitrogen and oxygen atoms in total. The van der Waals surface area contributed by atoms with E-state index in [9.17, 15) is 4.79 Å². The van der Waals surface area contributed by atoms with E-state index >= 15 is 0 Å². The van der Waals surface area contributed by atoms with Gasteiger partial charge in [0, 0.05) is 38.2 Å². The summed E-state index contributed by atoms with van der Waals surface area (Å²) in [6.07, 6.45) is 2.62. The van der Waals surface area contributed by atoms with Gasteiger partial charge in [-0.05, 0) is 45.2 Å². The summed E-state index contributed by atoms with van der Waals surface area (Å²) in [6.45, 7) is 10.6. The zero-order valence-electron chi connectivity index (χ0n) is 16.7. The number of carbonyl (C=O) groups is 1. The molecule has 2 N–H and O–H groups in total. The first-order valence-electron chi connectivity index (χ1n) is 9.66. The van der Waals surface area contributed by atoms with Crippen LogP contribution in [0, 0.1) is 6.92 Å². The number of aliphatic imine (C=N–C) groups is 1. The highest BCUT2D eigenvalue weighted by Gasteiger charge is 2.18. The summed E-state index contributed by atoms with van der Waals surface area (Å²) in [6, 6.07) is 6.22. The lowest BCUT2D eigenvalue weighted by molar-refractivity contribution is -0.127. The largest absolute Gasteiger partial charge is 0.494 e. The Morgan fingerprint density at radius 2 is 2.11 bits per heavy atom. The fraction of sp³-hybridized carbons (Fsp3) is 0.600. The van der Waals surface area contributed by atoms with Crippen LogP contribution in [-0.2, 0) is 11.3 Å². The van der Waals surface area contributed by atoms with Crippen LogP contribution < -0.4 is 15.4 Å². The third-order valence-corrected chi connectivity index (χ3v) is 4.34. The number of likely N-dealkylation sites (tertiary alicyclic amines) is 1. The van der Waals surface area contributed by atoms with Gasteiger partial charge in [0.25, 0.3) is 0 Å². The molecule has 27 heavy (non-hydrogen) atoms. The fourth-order valence-corrected chi connectivity index (χ4v) is 3.01. The van der Waals surface area contributed by atoms with E-state index in [0.717, 1.165) is 56.3 Å². The summed E-state index contributed by atoms with van der Waals surface area (Å²) in [5, 5.41) is 6.62. The predicted molar refractivity (Wildman–Crippen MR) is 121 cm³/mol. The number of halogens is 1. The van der Waals surface area contributed by atoms with E-state index in [2.05, 4.69) is 47.7 Å². The van der Waals surface area contributed by atoms with Gasteiger partial charge < -0.3 is 20.3 Å². The number of aryl methyl sites for hydroxylation is 1. The molecule has 1 aliphatic rings. The van der Waals surface area contributed by atoms with Crippen molar-refractivity contribution in [3.05, 3.63) is 29.3 Å². The van der Waals surface area contributed by atoms with Crippen molar-refractivity contribution in [1.29, 1.82) is 0 Å². The van der Waals surface area contributed by atoms with Crippen LogP contribution in [0.25, 0.3) is 0 Å². The Morgan fingerprint density at radius 1 is 1.30 bits per heavy atom. The number of benzene rings is 1. The first-order chi connectivity index (χ1) is 12.6. The molecule has 0 spiro atoms. The summed E-state index contributed by atoms with van der Waals surface area (Å²) in [7, 11) is 0. The molecule has 0 atom stereocenters. The number of ether oxygens (including phenoxy) is 1. The zero-order valence-corrected chi connectivity index (χ0v) is 19.0. The molecule has 0 aromatic heterocycles. The molecule has 1 aromatic carbocycles. The van der Waals surface area contributed by atoms with Gasteiger partial charge in [-0.1, -0.05) is 12.1 Å². The number of amides is 1. The van der Waals surface area contributed by atoms with Crippen LogP contribution in [0.4, 0.5) is 0 Å². The highest BCUT2D eigenvalue weighted by atomic mass is 127. The fourth-order valence-electron chi connectivity index (χ4n) is 3.01. The summed E-state index contributed by atoms with van der Waals surface area (Å²) in [5.74, 6) is 1.98. The van der Waals surface area contributed by atoms with Crippen molar-refractivity contribution < 1.29 is 9.53 Å². The van der Waals surface area contributed by atoms with Crippen molar-refractivity contribution in [2.75, 3.05) is 32.8 Å². The Bertz CT molecular complexity index is 622. The van der Waals surface area contributed by atoms with Crippen molar-refractivity contribution in [1.82, 2.24) is 15.5 Å². The van der Waals surface area contributed by atoms with Gasteiger partial charge in [-0.15, -0.1) is 24.0 Å². The average molecular weight is 488 g/mol. The minimum absolute atomic E-state index is 0.